The van der Waals surface area contributed by atoms with Gasteiger partial charge in [0, 0.05) is 13.2 Å². The molecule has 2 aromatic rings. The van der Waals surface area contributed by atoms with Gasteiger partial charge in [0.15, 0.2) is 5.11 Å². The quantitative estimate of drug-likeness (QED) is 0.619. The molecule has 0 bridgehead atoms. The van der Waals surface area contributed by atoms with Gasteiger partial charge in [-0.2, -0.15) is 13.2 Å². The second-order valence-electron chi connectivity index (χ2n) is 6.65. The van der Waals surface area contributed by atoms with Crippen molar-refractivity contribution in [2.24, 2.45) is 0 Å². The summed E-state index contributed by atoms with van der Waals surface area (Å²) < 4.78 is 49.8. The number of thiocarbonyl (C=S) groups is 1. The van der Waals surface area contributed by atoms with Crippen molar-refractivity contribution >= 4 is 34.6 Å². The van der Waals surface area contributed by atoms with Gasteiger partial charge in [-0.15, -0.1) is 0 Å². The fourth-order valence-electron chi connectivity index (χ4n) is 3.00. The van der Waals surface area contributed by atoms with Gasteiger partial charge in [0.1, 0.15) is 11.5 Å². The summed E-state index contributed by atoms with van der Waals surface area (Å²) in [6.07, 6.45) is -2.49. The van der Waals surface area contributed by atoms with Gasteiger partial charge in [0.25, 0.3) is 0 Å². The molecular formula is C19H20ClF3N2O2S. The molecule has 2 heterocycles. The van der Waals surface area contributed by atoms with E-state index in [4.69, 9.17) is 33.0 Å². The van der Waals surface area contributed by atoms with Crippen molar-refractivity contribution < 1.29 is 22.3 Å². The highest BCUT2D eigenvalue weighted by Gasteiger charge is 2.31. The average Bonchev–Trinajstić information content (AvgIpc) is 3.27. The lowest BCUT2D eigenvalue weighted by atomic mass is 10.2. The van der Waals surface area contributed by atoms with E-state index in [1.807, 2.05) is 24.0 Å². The van der Waals surface area contributed by atoms with Crippen molar-refractivity contribution in [1.29, 1.82) is 0 Å². The largest absolute Gasteiger partial charge is 0.464 e. The predicted molar refractivity (Wildman–Crippen MR) is 106 cm³/mol. The zero-order valence-corrected chi connectivity index (χ0v) is 16.8. The molecule has 3 rings (SSSR count). The molecule has 0 spiro atoms. The normalized spacial score (nSPS) is 17.0. The maximum Gasteiger partial charge on any atom is 0.416 e. The highest BCUT2D eigenvalue weighted by atomic mass is 35.5. The van der Waals surface area contributed by atoms with E-state index in [1.54, 1.807) is 0 Å². The van der Waals surface area contributed by atoms with Crippen LogP contribution in [0.5, 0.6) is 0 Å². The van der Waals surface area contributed by atoms with E-state index in [0.717, 1.165) is 36.5 Å². The smallest absolute Gasteiger partial charge is 0.416 e. The highest BCUT2D eigenvalue weighted by Crippen LogP contribution is 2.34. The Morgan fingerprint density at radius 3 is 2.68 bits per heavy atom. The van der Waals surface area contributed by atoms with Gasteiger partial charge >= 0.3 is 6.18 Å². The lowest BCUT2D eigenvalue weighted by Gasteiger charge is -2.27. The maximum absolute atomic E-state index is 12.8. The first kappa shape index (κ1) is 21.0. The minimum atomic E-state index is -4.45. The predicted octanol–water partition coefficient (Wildman–Crippen LogP) is 5.64. The molecule has 1 aromatic carbocycles. The molecule has 1 aliphatic heterocycles. The van der Waals surface area contributed by atoms with Gasteiger partial charge in [-0.1, -0.05) is 11.6 Å². The van der Waals surface area contributed by atoms with E-state index < -0.39 is 11.7 Å². The van der Waals surface area contributed by atoms with E-state index in [9.17, 15) is 13.2 Å². The summed E-state index contributed by atoms with van der Waals surface area (Å²) in [5.41, 5.74) is -0.496. The molecule has 0 saturated carbocycles. The Morgan fingerprint density at radius 2 is 2.11 bits per heavy atom. The average molecular weight is 433 g/mol. The second-order valence-corrected chi connectivity index (χ2v) is 7.44. The Bertz CT molecular complexity index is 835. The van der Waals surface area contributed by atoms with Crippen LogP contribution in [0.25, 0.3) is 0 Å². The Balaban J connectivity index is 1.74. The zero-order valence-electron chi connectivity index (χ0n) is 15.2. The van der Waals surface area contributed by atoms with E-state index in [0.29, 0.717) is 30.5 Å². The van der Waals surface area contributed by atoms with Crippen molar-refractivity contribution in [2.75, 3.05) is 18.5 Å². The number of hydrogen-bond donors (Lipinski definition) is 1. The molecular weight excluding hydrogens is 413 g/mol. The highest BCUT2D eigenvalue weighted by molar-refractivity contribution is 7.80. The second kappa shape index (κ2) is 8.71. The minimum absolute atomic E-state index is 0.0406. The monoisotopic (exact) mass is 432 g/mol. The molecule has 9 heteroatoms. The number of rotatable bonds is 5. The standard InChI is InChI=1S/C19H20ClF3N2O2S/c1-12-4-6-15(27-12)11-25(10-14-3-2-8-26-14)18(28)24-17-7-5-13(9-16(17)20)19(21,22)23/h4-7,9,14H,2-3,8,10-11H2,1H3,(H,24,28)/t14-/m1/s1. The van der Waals surface area contributed by atoms with Gasteiger partial charge in [-0.3, -0.25) is 0 Å². The third-order valence-corrected chi connectivity index (χ3v) is 5.09. The topological polar surface area (TPSA) is 37.6 Å². The molecule has 1 aliphatic rings. The molecule has 4 nitrogen and oxygen atoms in total. The summed E-state index contributed by atoms with van der Waals surface area (Å²) in [5.74, 6) is 1.52. The molecule has 1 saturated heterocycles. The number of nitrogens with zero attached hydrogens (tertiary/aromatic N) is 1. The van der Waals surface area contributed by atoms with Crippen LogP contribution in [0.4, 0.5) is 18.9 Å². The first-order chi connectivity index (χ1) is 13.2. The third kappa shape index (κ3) is 5.40. The molecule has 0 aliphatic carbocycles. The summed E-state index contributed by atoms with van der Waals surface area (Å²) >= 11 is 11.5. The zero-order chi connectivity index (χ0) is 20.3. The van der Waals surface area contributed by atoms with Crippen LogP contribution in [0.2, 0.25) is 5.02 Å². The van der Waals surface area contributed by atoms with Crippen LogP contribution in [-0.4, -0.2) is 29.3 Å². The van der Waals surface area contributed by atoms with Crippen LogP contribution in [0.15, 0.2) is 34.7 Å². The van der Waals surface area contributed by atoms with E-state index in [2.05, 4.69) is 5.32 Å². The number of hydrogen-bond acceptors (Lipinski definition) is 3. The minimum Gasteiger partial charge on any atom is -0.464 e. The van der Waals surface area contributed by atoms with Gasteiger partial charge in [-0.05, 0) is 62.3 Å². The summed E-state index contributed by atoms with van der Waals surface area (Å²) in [4.78, 5) is 1.87. The van der Waals surface area contributed by atoms with Crippen LogP contribution in [0, 0.1) is 6.92 Å². The molecule has 0 radical (unpaired) electrons. The molecule has 28 heavy (non-hydrogen) atoms. The first-order valence-corrected chi connectivity index (χ1v) is 9.60. The molecule has 1 atom stereocenters. The lowest BCUT2D eigenvalue weighted by Crippen LogP contribution is -2.39. The van der Waals surface area contributed by atoms with Crippen molar-refractivity contribution in [1.82, 2.24) is 4.90 Å². The fourth-order valence-corrected chi connectivity index (χ4v) is 3.48. The van der Waals surface area contributed by atoms with Crippen LogP contribution in [-0.2, 0) is 17.5 Å². The number of furan rings is 1. The summed E-state index contributed by atoms with van der Waals surface area (Å²) in [6, 6.07) is 6.86. The van der Waals surface area contributed by atoms with E-state index >= 15 is 0 Å². The molecule has 0 unspecified atom stereocenters. The van der Waals surface area contributed by atoms with Gasteiger partial charge in [0.05, 0.1) is 28.9 Å². The van der Waals surface area contributed by atoms with Crippen LogP contribution in [0.1, 0.15) is 29.9 Å². The van der Waals surface area contributed by atoms with Crippen molar-refractivity contribution in [2.45, 2.75) is 38.6 Å². The van der Waals surface area contributed by atoms with Crippen LogP contribution in [0.3, 0.4) is 0 Å². The van der Waals surface area contributed by atoms with Crippen molar-refractivity contribution in [3.05, 3.63) is 52.4 Å². The number of ether oxygens (including phenoxy) is 1. The van der Waals surface area contributed by atoms with Crippen LogP contribution >= 0.6 is 23.8 Å². The summed E-state index contributed by atoms with van der Waals surface area (Å²) in [7, 11) is 0. The van der Waals surface area contributed by atoms with Gasteiger partial charge in [0.2, 0.25) is 0 Å². The van der Waals surface area contributed by atoms with E-state index in [1.165, 1.54) is 6.07 Å². The van der Waals surface area contributed by atoms with Crippen LogP contribution < -0.4 is 5.32 Å². The SMILES string of the molecule is Cc1ccc(CN(C[C@H]2CCCO2)C(=S)Nc2ccc(C(F)(F)F)cc2Cl)o1. The third-order valence-electron chi connectivity index (χ3n) is 4.42. The molecule has 1 aromatic heterocycles. The maximum atomic E-state index is 12.8. The first-order valence-electron chi connectivity index (χ1n) is 8.82. The van der Waals surface area contributed by atoms with Crippen molar-refractivity contribution in [3.8, 4) is 0 Å². The number of aryl methyl sites for hydroxylation is 1. The number of alkyl halides is 3. The lowest BCUT2D eigenvalue weighted by molar-refractivity contribution is -0.137. The molecule has 1 fully saturated rings. The Morgan fingerprint density at radius 1 is 1.32 bits per heavy atom. The van der Waals surface area contributed by atoms with Gasteiger partial charge in [-0.25, -0.2) is 0 Å². The van der Waals surface area contributed by atoms with Gasteiger partial charge < -0.3 is 19.4 Å². The number of benzene rings is 1. The Hall–Kier alpha value is -1.77. The molecule has 152 valence electrons. The summed E-state index contributed by atoms with van der Waals surface area (Å²) in [5, 5.41) is 3.24. The van der Waals surface area contributed by atoms with E-state index in [-0.39, 0.29) is 11.1 Å². The number of anilines is 1. The number of halogens is 4. The summed E-state index contributed by atoms with van der Waals surface area (Å²) in [6.45, 7) is 3.53. The molecule has 0 amide bonds. The molecule has 1 N–H and O–H groups in total. The number of nitrogens with one attached hydrogen (secondary N) is 1. The van der Waals surface area contributed by atoms with Crippen molar-refractivity contribution in [3.63, 3.8) is 0 Å². The Labute approximate surface area is 171 Å². The Kier molecular flexibility index (Phi) is 6.52. The fraction of sp³-hybridized carbons (Fsp3) is 0.421.